The van der Waals surface area contributed by atoms with E-state index in [2.05, 4.69) is 41.5 Å². The summed E-state index contributed by atoms with van der Waals surface area (Å²) in [5.74, 6) is -0.499. The van der Waals surface area contributed by atoms with E-state index >= 15 is 0 Å². The van der Waals surface area contributed by atoms with Crippen molar-refractivity contribution in [1.29, 1.82) is 0 Å². The van der Waals surface area contributed by atoms with Crippen molar-refractivity contribution in [1.82, 2.24) is 0 Å². The highest BCUT2D eigenvalue weighted by molar-refractivity contribution is 7.47. The van der Waals surface area contributed by atoms with Crippen LogP contribution in [0, 0.1) is 11.8 Å². The van der Waals surface area contributed by atoms with Crippen LogP contribution < -0.4 is 0 Å². The van der Waals surface area contributed by atoms with Crippen molar-refractivity contribution in [2.24, 2.45) is 11.8 Å². The molecule has 618 valence electrons. The van der Waals surface area contributed by atoms with Crippen LogP contribution in [0.1, 0.15) is 452 Å². The SMILES string of the molecule is CCCCCCCCCCCCCCCCCCCCCC(=O)OC[C@H](COP(=O)(O)OC[C@@H](O)COP(=O)(O)OC[C@@H](COC(=O)CCCCCCCCCC)OC(=O)CCCCCCCCCCCCCCCC(C)C)OC(=O)CCCCCCCCCCCCCCCCCCCCC(C)C. The minimum absolute atomic E-state index is 0.107. The van der Waals surface area contributed by atoms with Gasteiger partial charge in [-0.05, 0) is 37.5 Å². The number of phosphoric acid groups is 2. The molecular weight excluding hydrogens is 1350 g/mol. The van der Waals surface area contributed by atoms with Crippen LogP contribution in [0.3, 0.4) is 0 Å². The Labute approximate surface area is 638 Å². The van der Waals surface area contributed by atoms with Crippen LogP contribution in [0.25, 0.3) is 0 Å². The maximum Gasteiger partial charge on any atom is 0.472 e. The third-order valence-corrected chi connectivity index (χ3v) is 21.9. The summed E-state index contributed by atoms with van der Waals surface area (Å²) in [7, 11) is -9.92. The molecule has 2 unspecified atom stereocenters. The molecule has 0 aromatic heterocycles. The first-order valence-corrected chi connectivity index (χ1v) is 47.0. The first-order valence-electron chi connectivity index (χ1n) is 44.0. The zero-order chi connectivity index (χ0) is 76.4. The van der Waals surface area contributed by atoms with Gasteiger partial charge in [-0.25, -0.2) is 9.13 Å². The Bertz CT molecular complexity index is 1990. The van der Waals surface area contributed by atoms with Crippen LogP contribution >= 0.6 is 15.6 Å². The fraction of sp³-hybridized carbons (Fsp3) is 0.953. The van der Waals surface area contributed by atoms with E-state index < -0.39 is 97.5 Å². The van der Waals surface area contributed by atoms with Crippen LogP contribution in [0.5, 0.6) is 0 Å². The van der Waals surface area contributed by atoms with Crippen molar-refractivity contribution >= 4 is 39.5 Å². The molecule has 0 aromatic carbocycles. The van der Waals surface area contributed by atoms with Gasteiger partial charge in [0.15, 0.2) is 12.2 Å². The van der Waals surface area contributed by atoms with Gasteiger partial charge in [-0.3, -0.25) is 37.3 Å². The van der Waals surface area contributed by atoms with Crippen molar-refractivity contribution in [3.63, 3.8) is 0 Å². The Morgan fingerprint density at radius 2 is 0.442 bits per heavy atom. The molecule has 17 nitrogen and oxygen atoms in total. The minimum Gasteiger partial charge on any atom is -0.462 e. The molecule has 19 heteroatoms. The van der Waals surface area contributed by atoms with Crippen LogP contribution in [0.15, 0.2) is 0 Å². The molecule has 0 rings (SSSR count). The van der Waals surface area contributed by atoms with Gasteiger partial charge in [-0.15, -0.1) is 0 Å². The predicted molar refractivity (Wildman–Crippen MR) is 428 cm³/mol. The van der Waals surface area contributed by atoms with Crippen molar-refractivity contribution < 1.29 is 80.2 Å². The summed E-state index contributed by atoms with van der Waals surface area (Å²) in [6.45, 7) is 9.69. The highest BCUT2D eigenvalue weighted by Gasteiger charge is 2.30. The summed E-state index contributed by atoms with van der Waals surface area (Å²) in [5.41, 5.74) is 0. The van der Waals surface area contributed by atoms with Gasteiger partial charge in [-0.2, -0.15) is 0 Å². The van der Waals surface area contributed by atoms with Crippen LogP contribution in [-0.2, 0) is 65.4 Å². The third kappa shape index (κ3) is 78.2. The lowest BCUT2D eigenvalue weighted by atomic mass is 10.0. The molecule has 0 aliphatic carbocycles. The van der Waals surface area contributed by atoms with Crippen LogP contribution in [-0.4, -0.2) is 96.7 Å². The van der Waals surface area contributed by atoms with E-state index in [0.29, 0.717) is 25.7 Å². The first-order chi connectivity index (χ1) is 50.4. The van der Waals surface area contributed by atoms with E-state index in [1.165, 1.54) is 263 Å². The molecule has 0 spiro atoms. The van der Waals surface area contributed by atoms with Gasteiger partial charge in [0.05, 0.1) is 26.4 Å². The maximum atomic E-state index is 13.1. The van der Waals surface area contributed by atoms with E-state index in [1.807, 2.05) is 0 Å². The molecule has 104 heavy (non-hydrogen) atoms. The molecule has 5 atom stereocenters. The van der Waals surface area contributed by atoms with Crippen LogP contribution in [0.4, 0.5) is 0 Å². The molecule has 0 heterocycles. The lowest BCUT2D eigenvalue weighted by molar-refractivity contribution is -0.161. The molecule has 0 aliphatic rings. The summed E-state index contributed by atoms with van der Waals surface area (Å²) in [6.07, 6.45) is 68.2. The Kier molecular flexibility index (Phi) is 75.0. The predicted octanol–water partition coefficient (Wildman–Crippen LogP) is 25.8. The minimum atomic E-state index is -4.96. The average Bonchev–Trinajstić information content (AvgIpc) is 0.911. The topological polar surface area (TPSA) is 237 Å². The molecule has 0 aliphatic heterocycles. The number of unbranched alkanes of at least 4 members (excludes halogenated alkanes) is 54. The van der Waals surface area contributed by atoms with Crippen molar-refractivity contribution in [2.45, 2.75) is 471 Å². The largest absolute Gasteiger partial charge is 0.472 e. The molecule has 0 radical (unpaired) electrons. The standard InChI is InChI=1S/C85H166O17P2/c1-7-9-11-13-15-17-18-19-20-21-22-26-29-34-39-44-50-56-62-68-83(88)96-74-81(102-85(90)69-63-57-51-45-40-35-30-27-24-23-25-28-32-37-42-47-53-59-65-77(3)4)76-100-104(93,94)98-72-79(86)71-97-103(91,92)99-75-80(73-95-82(87)67-61-55-49-16-14-12-10-8-2)101-84(89)70-64-58-52-46-41-36-31-33-38-43-48-54-60-66-78(5)6/h77-81,86H,7-76H2,1-6H3,(H,91,92)(H,93,94)/t79-,80+,81+/m0/s1. The van der Waals surface area contributed by atoms with Gasteiger partial charge in [0.25, 0.3) is 0 Å². The molecule has 0 fully saturated rings. The monoisotopic (exact) mass is 1520 g/mol. The number of rotatable bonds is 84. The second kappa shape index (κ2) is 76.4. The molecule has 0 saturated heterocycles. The molecular formula is C85H166O17P2. The smallest absolute Gasteiger partial charge is 0.462 e. The Morgan fingerprint density at radius 3 is 0.654 bits per heavy atom. The summed E-state index contributed by atoms with van der Waals surface area (Å²) in [4.78, 5) is 73.1. The van der Waals surface area contributed by atoms with E-state index in [9.17, 15) is 43.2 Å². The van der Waals surface area contributed by atoms with Crippen molar-refractivity contribution in [3.8, 4) is 0 Å². The summed E-state index contributed by atoms with van der Waals surface area (Å²) >= 11 is 0. The number of hydrogen-bond acceptors (Lipinski definition) is 15. The number of ether oxygens (including phenoxy) is 4. The zero-order valence-corrected chi connectivity index (χ0v) is 70.1. The van der Waals surface area contributed by atoms with Crippen LogP contribution in [0.2, 0.25) is 0 Å². The van der Waals surface area contributed by atoms with Gasteiger partial charge in [-0.1, -0.05) is 401 Å². The molecule has 0 amide bonds. The average molecular weight is 1520 g/mol. The lowest BCUT2D eigenvalue weighted by Gasteiger charge is -2.21. The lowest BCUT2D eigenvalue weighted by Crippen LogP contribution is -2.30. The number of esters is 4. The quantitative estimate of drug-likeness (QED) is 0.0222. The number of aliphatic hydroxyl groups is 1. The van der Waals surface area contributed by atoms with E-state index in [4.69, 9.17) is 37.0 Å². The number of carbonyl (C=O) groups excluding carboxylic acids is 4. The van der Waals surface area contributed by atoms with E-state index in [-0.39, 0.29) is 25.7 Å². The third-order valence-electron chi connectivity index (χ3n) is 20.0. The Hall–Kier alpha value is -1.94. The second-order valence-electron chi connectivity index (χ2n) is 31.5. The molecule has 3 N–H and O–H groups in total. The molecule has 0 aromatic rings. The number of phosphoric ester groups is 2. The number of aliphatic hydroxyl groups excluding tert-OH is 1. The number of carbonyl (C=O) groups is 4. The van der Waals surface area contributed by atoms with E-state index in [0.717, 1.165) is 108 Å². The Balaban J connectivity index is 5.19. The van der Waals surface area contributed by atoms with Gasteiger partial charge >= 0.3 is 39.5 Å². The van der Waals surface area contributed by atoms with Gasteiger partial charge < -0.3 is 33.8 Å². The highest BCUT2D eigenvalue weighted by atomic mass is 31.2. The van der Waals surface area contributed by atoms with E-state index in [1.54, 1.807) is 0 Å². The fourth-order valence-corrected chi connectivity index (χ4v) is 14.8. The van der Waals surface area contributed by atoms with Gasteiger partial charge in [0.1, 0.15) is 19.3 Å². The first kappa shape index (κ1) is 102. The van der Waals surface area contributed by atoms with Crippen molar-refractivity contribution in [2.75, 3.05) is 39.6 Å². The normalized spacial score (nSPS) is 13.8. The van der Waals surface area contributed by atoms with Crippen molar-refractivity contribution in [3.05, 3.63) is 0 Å². The zero-order valence-electron chi connectivity index (χ0n) is 68.3. The fourth-order valence-electron chi connectivity index (χ4n) is 13.2. The number of hydrogen-bond donors (Lipinski definition) is 3. The second-order valence-corrected chi connectivity index (χ2v) is 34.4. The Morgan fingerprint density at radius 1 is 0.260 bits per heavy atom. The van der Waals surface area contributed by atoms with Gasteiger partial charge in [0.2, 0.25) is 0 Å². The molecule has 0 saturated carbocycles. The summed E-state index contributed by atoms with van der Waals surface area (Å²) < 4.78 is 68.8. The maximum absolute atomic E-state index is 13.1. The van der Waals surface area contributed by atoms with Gasteiger partial charge in [0, 0.05) is 25.7 Å². The highest BCUT2D eigenvalue weighted by Crippen LogP contribution is 2.45. The summed E-state index contributed by atoms with van der Waals surface area (Å²) in [6, 6.07) is 0. The molecule has 0 bridgehead atoms. The summed E-state index contributed by atoms with van der Waals surface area (Å²) in [5, 5.41) is 10.7.